The molecule has 2 rings (SSSR count). The van der Waals surface area contributed by atoms with Crippen molar-refractivity contribution in [1.82, 2.24) is 10.2 Å². The van der Waals surface area contributed by atoms with Crippen LogP contribution in [0.15, 0.2) is 10.8 Å². The maximum absolute atomic E-state index is 3.43. The number of aryl methyl sites for hydroxylation is 1. The first-order valence-electron chi connectivity index (χ1n) is 5.31. The van der Waals surface area contributed by atoms with E-state index in [2.05, 4.69) is 27.9 Å². The maximum atomic E-state index is 3.43. The molecule has 1 N–H and O–H groups in total. The summed E-state index contributed by atoms with van der Waals surface area (Å²) >= 11 is 1.82. The van der Waals surface area contributed by atoms with E-state index in [1.165, 1.54) is 37.2 Å². The molecule has 2 nitrogen and oxygen atoms in total. The molecule has 2 heterocycles. The van der Waals surface area contributed by atoms with Gasteiger partial charge in [0.2, 0.25) is 0 Å². The van der Waals surface area contributed by atoms with Gasteiger partial charge < -0.3 is 5.32 Å². The molecular weight excluding hydrogens is 192 g/mol. The van der Waals surface area contributed by atoms with Gasteiger partial charge in [-0.3, -0.25) is 4.90 Å². The summed E-state index contributed by atoms with van der Waals surface area (Å²) in [6.45, 7) is 8.10. The van der Waals surface area contributed by atoms with Crippen LogP contribution in [0.1, 0.15) is 17.5 Å². The summed E-state index contributed by atoms with van der Waals surface area (Å²) in [6.07, 6.45) is 1.28. The van der Waals surface area contributed by atoms with Crippen molar-refractivity contribution in [3.8, 4) is 0 Å². The number of nitrogens with zero attached hydrogens (tertiary/aromatic N) is 1. The maximum Gasteiger partial charge on any atom is 0.0245 e. The number of hydrogen-bond acceptors (Lipinski definition) is 3. The van der Waals surface area contributed by atoms with Gasteiger partial charge in [0.15, 0.2) is 0 Å². The molecule has 1 saturated heterocycles. The molecule has 0 amide bonds. The smallest absolute Gasteiger partial charge is 0.0245 e. The Labute approximate surface area is 89.9 Å². The highest BCUT2D eigenvalue weighted by molar-refractivity contribution is 7.08. The van der Waals surface area contributed by atoms with E-state index in [1.807, 2.05) is 11.3 Å². The van der Waals surface area contributed by atoms with Crippen LogP contribution >= 0.6 is 11.3 Å². The number of nitrogens with one attached hydrogen (secondary N) is 1. The van der Waals surface area contributed by atoms with Gasteiger partial charge in [-0.2, -0.15) is 11.3 Å². The van der Waals surface area contributed by atoms with Crippen LogP contribution in [-0.4, -0.2) is 31.1 Å². The van der Waals surface area contributed by atoms with Crippen LogP contribution in [0.3, 0.4) is 0 Å². The molecule has 1 aliphatic rings. The molecule has 0 spiro atoms. The third-order valence-corrected chi connectivity index (χ3v) is 3.70. The summed E-state index contributed by atoms with van der Waals surface area (Å²) < 4.78 is 0. The van der Waals surface area contributed by atoms with E-state index in [-0.39, 0.29) is 0 Å². The van der Waals surface area contributed by atoms with Crippen molar-refractivity contribution < 1.29 is 0 Å². The molecule has 0 saturated carbocycles. The lowest BCUT2D eigenvalue weighted by molar-refractivity contribution is 0.284. The van der Waals surface area contributed by atoms with Crippen molar-refractivity contribution in [3.05, 3.63) is 21.9 Å². The molecule has 0 atom stereocenters. The Balaban J connectivity index is 1.92. The van der Waals surface area contributed by atoms with Gasteiger partial charge in [0.05, 0.1) is 0 Å². The van der Waals surface area contributed by atoms with Crippen LogP contribution in [0.5, 0.6) is 0 Å². The van der Waals surface area contributed by atoms with Gasteiger partial charge in [0.1, 0.15) is 0 Å². The summed E-state index contributed by atoms with van der Waals surface area (Å²) in [5.41, 5.74) is 2.96. The standard InChI is InChI=1S/C11H18N2S/c1-10-8-14-9-11(10)7-13-5-2-3-12-4-6-13/h8-9,12H,2-7H2,1H3. The monoisotopic (exact) mass is 210 g/mol. The highest BCUT2D eigenvalue weighted by Gasteiger charge is 2.10. The minimum atomic E-state index is 1.14. The Morgan fingerprint density at radius 3 is 3.07 bits per heavy atom. The van der Waals surface area contributed by atoms with Gasteiger partial charge in [0, 0.05) is 19.6 Å². The second kappa shape index (κ2) is 4.91. The normalized spacial score (nSPS) is 19.5. The van der Waals surface area contributed by atoms with Gasteiger partial charge in [-0.25, -0.2) is 0 Å². The van der Waals surface area contributed by atoms with Crippen molar-refractivity contribution in [2.24, 2.45) is 0 Å². The van der Waals surface area contributed by atoms with Crippen molar-refractivity contribution in [1.29, 1.82) is 0 Å². The predicted molar refractivity (Wildman–Crippen MR) is 61.8 cm³/mol. The summed E-state index contributed by atoms with van der Waals surface area (Å²) in [5, 5.41) is 7.96. The number of hydrogen-bond donors (Lipinski definition) is 1. The fourth-order valence-corrected chi connectivity index (χ4v) is 2.70. The van der Waals surface area contributed by atoms with Gasteiger partial charge >= 0.3 is 0 Å². The quantitative estimate of drug-likeness (QED) is 0.801. The zero-order valence-corrected chi connectivity index (χ0v) is 9.57. The SMILES string of the molecule is Cc1cscc1CN1CCCNCC1. The molecule has 3 heteroatoms. The number of thiophene rings is 1. The molecule has 14 heavy (non-hydrogen) atoms. The van der Waals surface area contributed by atoms with Gasteiger partial charge in [-0.05, 0) is 48.3 Å². The van der Waals surface area contributed by atoms with Crippen LogP contribution in [0.4, 0.5) is 0 Å². The lowest BCUT2D eigenvalue weighted by atomic mass is 10.2. The zero-order chi connectivity index (χ0) is 9.80. The molecule has 0 aliphatic carbocycles. The fourth-order valence-electron chi connectivity index (χ4n) is 1.85. The average molecular weight is 210 g/mol. The second-order valence-corrected chi connectivity index (χ2v) is 4.70. The molecule has 1 fully saturated rings. The topological polar surface area (TPSA) is 15.3 Å². The van der Waals surface area contributed by atoms with E-state index in [4.69, 9.17) is 0 Å². The largest absolute Gasteiger partial charge is 0.315 e. The van der Waals surface area contributed by atoms with Crippen molar-refractivity contribution in [3.63, 3.8) is 0 Å². The summed E-state index contributed by atoms with van der Waals surface area (Å²) in [6, 6.07) is 0. The molecule has 0 bridgehead atoms. The van der Waals surface area contributed by atoms with Gasteiger partial charge in [-0.1, -0.05) is 0 Å². The predicted octanol–water partition coefficient (Wildman–Crippen LogP) is 1.85. The van der Waals surface area contributed by atoms with Crippen LogP contribution in [-0.2, 0) is 6.54 Å². The van der Waals surface area contributed by atoms with E-state index < -0.39 is 0 Å². The molecular formula is C11H18N2S. The highest BCUT2D eigenvalue weighted by atomic mass is 32.1. The summed E-state index contributed by atoms with van der Waals surface area (Å²) in [4.78, 5) is 2.55. The third kappa shape index (κ3) is 2.56. The lowest BCUT2D eigenvalue weighted by Crippen LogP contribution is -2.27. The number of rotatable bonds is 2. The van der Waals surface area contributed by atoms with Crippen LogP contribution < -0.4 is 5.32 Å². The van der Waals surface area contributed by atoms with Gasteiger partial charge in [-0.15, -0.1) is 0 Å². The van der Waals surface area contributed by atoms with Crippen molar-refractivity contribution >= 4 is 11.3 Å². The van der Waals surface area contributed by atoms with E-state index in [0.717, 1.165) is 13.1 Å². The lowest BCUT2D eigenvalue weighted by Gasteiger charge is -2.19. The third-order valence-electron chi connectivity index (χ3n) is 2.79. The first-order chi connectivity index (χ1) is 6.86. The van der Waals surface area contributed by atoms with Crippen molar-refractivity contribution in [2.75, 3.05) is 26.2 Å². The average Bonchev–Trinajstić information content (AvgIpc) is 2.44. The summed E-state index contributed by atoms with van der Waals surface area (Å²) in [5.74, 6) is 0. The van der Waals surface area contributed by atoms with Crippen LogP contribution in [0.25, 0.3) is 0 Å². The first kappa shape index (κ1) is 10.1. The Morgan fingerprint density at radius 2 is 2.29 bits per heavy atom. The van der Waals surface area contributed by atoms with Gasteiger partial charge in [0.25, 0.3) is 0 Å². The van der Waals surface area contributed by atoms with Crippen molar-refractivity contribution in [2.45, 2.75) is 19.9 Å². The van der Waals surface area contributed by atoms with Crippen LogP contribution in [0, 0.1) is 6.92 Å². The fraction of sp³-hybridized carbons (Fsp3) is 0.636. The molecule has 78 valence electrons. The molecule has 0 unspecified atom stereocenters. The Bertz CT molecular complexity index is 275. The zero-order valence-electron chi connectivity index (χ0n) is 8.75. The highest BCUT2D eigenvalue weighted by Crippen LogP contribution is 2.16. The van der Waals surface area contributed by atoms with E-state index in [1.54, 1.807) is 0 Å². The Hall–Kier alpha value is -0.380. The second-order valence-electron chi connectivity index (χ2n) is 3.96. The van der Waals surface area contributed by atoms with E-state index in [0.29, 0.717) is 0 Å². The summed E-state index contributed by atoms with van der Waals surface area (Å²) in [7, 11) is 0. The van der Waals surface area contributed by atoms with E-state index in [9.17, 15) is 0 Å². The van der Waals surface area contributed by atoms with E-state index >= 15 is 0 Å². The molecule has 1 aliphatic heterocycles. The molecule has 1 aromatic rings. The molecule has 1 aromatic heterocycles. The molecule has 0 aromatic carbocycles. The molecule has 0 radical (unpaired) electrons. The minimum absolute atomic E-state index is 1.14. The Kier molecular flexibility index (Phi) is 3.56. The van der Waals surface area contributed by atoms with Crippen LogP contribution in [0.2, 0.25) is 0 Å². The first-order valence-corrected chi connectivity index (χ1v) is 6.25. The minimum Gasteiger partial charge on any atom is -0.315 e. The Morgan fingerprint density at radius 1 is 1.36 bits per heavy atom.